The lowest BCUT2D eigenvalue weighted by Crippen LogP contribution is -1.98. The second-order valence-corrected chi connectivity index (χ2v) is 14.5. The summed E-state index contributed by atoms with van der Waals surface area (Å²) in [6, 6.07) is 79.4. The third-order valence-corrected chi connectivity index (χ3v) is 11.3. The van der Waals surface area contributed by atoms with Crippen molar-refractivity contribution in [3.8, 4) is 55.9 Å². The molecule has 0 N–H and O–H groups in total. The van der Waals surface area contributed by atoms with Gasteiger partial charge in [-0.2, -0.15) is 0 Å². The Labute approximate surface area is 325 Å². The van der Waals surface area contributed by atoms with E-state index in [-0.39, 0.29) is 0 Å². The molecule has 0 fully saturated rings. The van der Waals surface area contributed by atoms with Gasteiger partial charge in [0.1, 0.15) is 0 Å². The highest BCUT2D eigenvalue weighted by Crippen LogP contribution is 2.42. The SMILES string of the molecule is c1ccc(-c2ccc(-n3c4ccccc4c4cc(-c5ccc6c(c5)c5c(-c7ccccc7)cccc5n6-c5ccccc5)ccc43)c(-c3ccccc3)c2)cc1. The van der Waals surface area contributed by atoms with Crippen molar-refractivity contribution in [2.75, 3.05) is 0 Å². The molecule has 11 rings (SSSR count). The summed E-state index contributed by atoms with van der Waals surface area (Å²) in [5, 5.41) is 4.99. The molecule has 2 heteroatoms. The molecule has 2 aromatic heterocycles. The van der Waals surface area contributed by atoms with E-state index in [2.05, 4.69) is 228 Å². The van der Waals surface area contributed by atoms with E-state index >= 15 is 0 Å². The van der Waals surface area contributed by atoms with E-state index in [1.165, 1.54) is 93.8 Å². The molecule has 2 nitrogen and oxygen atoms in total. The highest BCUT2D eigenvalue weighted by Gasteiger charge is 2.20. The van der Waals surface area contributed by atoms with E-state index in [0.717, 1.165) is 5.69 Å². The lowest BCUT2D eigenvalue weighted by Gasteiger charge is -2.16. The van der Waals surface area contributed by atoms with Gasteiger partial charge in [0.05, 0.1) is 27.8 Å². The maximum absolute atomic E-state index is 2.45. The largest absolute Gasteiger partial charge is 0.309 e. The molecule has 0 saturated heterocycles. The van der Waals surface area contributed by atoms with Crippen LogP contribution < -0.4 is 0 Å². The molecule has 0 aliphatic heterocycles. The molecule has 0 aliphatic carbocycles. The average molecular weight is 713 g/mol. The summed E-state index contributed by atoms with van der Waals surface area (Å²) in [6.45, 7) is 0. The second-order valence-electron chi connectivity index (χ2n) is 14.5. The van der Waals surface area contributed by atoms with Crippen LogP contribution in [0.25, 0.3) is 99.5 Å². The van der Waals surface area contributed by atoms with Gasteiger partial charge < -0.3 is 9.13 Å². The molecule has 11 aromatic rings. The van der Waals surface area contributed by atoms with Crippen molar-refractivity contribution in [2.45, 2.75) is 0 Å². The van der Waals surface area contributed by atoms with Crippen LogP contribution in [-0.4, -0.2) is 9.13 Å². The standard InChI is InChI=1S/C54H36N2/c1-5-16-37(17-6-1)40-28-31-50(46(34-40)39-20-9-3-10-21-39)56-49-26-14-13-24-45(49)47-35-41(29-32-51(47)56)42-30-33-52-48(36-42)54-44(38-18-7-2-8-19-38)25-15-27-53(54)55(52)43-22-11-4-12-23-43/h1-36H. The van der Waals surface area contributed by atoms with Crippen molar-refractivity contribution >= 4 is 43.6 Å². The van der Waals surface area contributed by atoms with Crippen molar-refractivity contribution in [3.05, 3.63) is 218 Å². The van der Waals surface area contributed by atoms with Crippen LogP contribution in [0.1, 0.15) is 0 Å². The molecule has 0 amide bonds. The number of aromatic nitrogens is 2. The van der Waals surface area contributed by atoms with Crippen molar-refractivity contribution in [3.63, 3.8) is 0 Å². The van der Waals surface area contributed by atoms with Gasteiger partial charge in [0.15, 0.2) is 0 Å². The minimum absolute atomic E-state index is 1.16. The summed E-state index contributed by atoms with van der Waals surface area (Å²) in [5.74, 6) is 0. The zero-order valence-corrected chi connectivity index (χ0v) is 30.7. The minimum Gasteiger partial charge on any atom is -0.309 e. The smallest absolute Gasteiger partial charge is 0.0547 e. The van der Waals surface area contributed by atoms with E-state index in [0.29, 0.717) is 0 Å². The minimum atomic E-state index is 1.16. The zero-order valence-electron chi connectivity index (χ0n) is 30.7. The maximum Gasteiger partial charge on any atom is 0.0547 e. The first-order valence-electron chi connectivity index (χ1n) is 19.3. The Bertz CT molecular complexity index is 3210. The molecule has 262 valence electrons. The molecule has 2 heterocycles. The Morgan fingerprint density at radius 2 is 0.750 bits per heavy atom. The van der Waals surface area contributed by atoms with E-state index < -0.39 is 0 Å². The molecule has 0 radical (unpaired) electrons. The summed E-state index contributed by atoms with van der Waals surface area (Å²) < 4.78 is 4.86. The normalized spacial score (nSPS) is 11.6. The summed E-state index contributed by atoms with van der Waals surface area (Å²) in [6.07, 6.45) is 0. The second kappa shape index (κ2) is 13.2. The number of benzene rings is 9. The number of fused-ring (bicyclic) bond motifs is 6. The van der Waals surface area contributed by atoms with E-state index in [1.807, 2.05) is 0 Å². The zero-order chi connectivity index (χ0) is 37.0. The Morgan fingerprint density at radius 1 is 0.250 bits per heavy atom. The number of para-hydroxylation sites is 2. The van der Waals surface area contributed by atoms with Gasteiger partial charge in [-0.25, -0.2) is 0 Å². The first kappa shape index (κ1) is 32.0. The van der Waals surface area contributed by atoms with Crippen LogP contribution in [0.3, 0.4) is 0 Å². The third-order valence-electron chi connectivity index (χ3n) is 11.3. The van der Waals surface area contributed by atoms with Gasteiger partial charge in [-0.3, -0.25) is 0 Å². The van der Waals surface area contributed by atoms with Crippen LogP contribution in [0.2, 0.25) is 0 Å². The number of hydrogen-bond donors (Lipinski definition) is 0. The van der Waals surface area contributed by atoms with Crippen LogP contribution in [0, 0.1) is 0 Å². The first-order chi connectivity index (χ1) is 27.8. The highest BCUT2D eigenvalue weighted by molar-refractivity contribution is 6.17. The molecule has 0 aliphatic rings. The average Bonchev–Trinajstić information content (AvgIpc) is 3.79. The van der Waals surface area contributed by atoms with Crippen LogP contribution in [0.15, 0.2) is 218 Å². The lowest BCUT2D eigenvalue weighted by atomic mass is 9.96. The Morgan fingerprint density at radius 3 is 1.45 bits per heavy atom. The van der Waals surface area contributed by atoms with E-state index in [4.69, 9.17) is 0 Å². The van der Waals surface area contributed by atoms with Gasteiger partial charge in [0.2, 0.25) is 0 Å². The van der Waals surface area contributed by atoms with Crippen molar-refractivity contribution in [2.24, 2.45) is 0 Å². The number of hydrogen-bond acceptors (Lipinski definition) is 0. The molecule has 0 spiro atoms. The Kier molecular flexibility index (Phi) is 7.53. The van der Waals surface area contributed by atoms with Crippen molar-refractivity contribution in [1.29, 1.82) is 0 Å². The van der Waals surface area contributed by atoms with E-state index in [1.54, 1.807) is 0 Å². The summed E-state index contributed by atoms with van der Waals surface area (Å²) in [4.78, 5) is 0. The monoisotopic (exact) mass is 712 g/mol. The Balaban J connectivity index is 1.13. The van der Waals surface area contributed by atoms with Gasteiger partial charge in [-0.05, 0) is 99.6 Å². The number of nitrogens with zero attached hydrogens (tertiary/aromatic N) is 2. The topological polar surface area (TPSA) is 9.86 Å². The molecule has 0 bridgehead atoms. The molecule has 9 aromatic carbocycles. The van der Waals surface area contributed by atoms with Gasteiger partial charge >= 0.3 is 0 Å². The fourth-order valence-corrected chi connectivity index (χ4v) is 8.77. The van der Waals surface area contributed by atoms with Crippen molar-refractivity contribution < 1.29 is 0 Å². The predicted octanol–water partition coefficient (Wildman–Crippen LogP) is 14.5. The van der Waals surface area contributed by atoms with Crippen LogP contribution in [0.5, 0.6) is 0 Å². The molecule has 0 atom stereocenters. The molecular formula is C54H36N2. The van der Waals surface area contributed by atoms with Crippen LogP contribution >= 0.6 is 0 Å². The first-order valence-corrected chi connectivity index (χ1v) is 19.3. The molecule has 56 heavy (non-hydrogen) atoms. The third kappa shape index (κ3) is 5.19. The van der Waals surface area contributed by atoms with Crippen LogP contribution in [0.4, 0.5) is 0 Å². The fourth-order valence-electron chi connectivity index (χ4n) is 8.77. The Hall–Kier alpha value is -7.42. The summed E-state index contributed by atoms with van der Waals surface area (Å²) in [7, 11) is 0. The molecule has 0 unspecified atom stereocenters. The molecule has 0 saturated carbocycles. The maximum atomic E-state index is 2.45. The van der Waals surface area contributed by atoms with Crippen molar-refractivity contribution in [1.82, 2.24) is 9.13 Å². The predicted molar refractivity (Wildman–Crippen MR) is 237 cm³/mol. The highest BCUT2D eigenvalue weighted by atomic mass is 15.0. The summed E-state index contributed by atoms with van der Waals surface area (Å²) in [5.41, 5.74) is 16.8. The fraction of sp³-hybridized carbons (Fsp3) is 0. The lowest BCUT2D eigenvalue weighted by molar-refractivity contribution is 1.18. The van der Waals surface area contributed by atoms with Gasteiger partial charge in [-0.15, -0.1) is 0 Å². The van der Waals surface area contributed by atoms with Crippen LogP contribution in [-0.2, 0) is 0 Å². The van der Waals surface area contributed by atoms with E-state index in [9.17, 15) is 0 Å². The summed E-state index contributed by atoms with van der Waals surface area (Å²) >= 11 is 0. The van der Waals surface area contributed by atoms with Gasteiger partial charge in [-0.1, -0.05) is 158 Å². The molecular weight excluding hydrogens is 677 g/mol. The number of rotatable bonds is 6. The van der Waals surface area contributed by atoms with Gasteiger partial charge in [0.25, 0.3) is 0 Å². The quantitative estimate of drug-likeness (QED) is 0.162. The van der Waals surface area contributed by atoms with Gasteiger partial charge in [0, 0.05) is 32.8 Å².